The van der Waals surface area contributed by atoms with E-state index in [1.54, 1.807) is 76.6 Å². The molecule has 6 aromatic rings. The second-order valence-corrected chi connectivity index (χ2v) is 16.1. The van der Waals surface area contributed by atoms with E-state index in [2.05, 4.69) is 49.9 Å². The molecule has 0 spiro atoms. The van der Waals surface area contributed by atoms with Crippen molar-refractivity contribution in [3.63, 3.8) is 0 Å². The van der Waals surface area contributed by atoms with Gasteiger partial charge in [-0.2, -0.15) is 19.9 Å². The molecule has 0 saturated heterocycles. The van der Waals surface area contributed by atoms with E-state index in [4.69, 9.17) is 43.0 Å². The van der Waals surface area contributed by atoms with Crippen LogP contribution >= 0.6 is 0 Å². The van der Waals surface area contributed by atoms with Crippen LogP contribution in [0.1, 0.15) is 78.6 Å². The molecule has 2 aromatic carbocycles. The van der Waals surface area contributed by atoms with E-state index in [0.29, 0.717) is 46.8 Å². The smallest absolute Gasteiger partial charge is 0.353 e. The molecule has 2 amide bonds. The lowest BCUT2D eigenvalue weighted by Crippen LogP contribution is -2.30. The molecule has 0 aliphatic carbocycles. The standard InChI is InChI=1S/C24H28N8O5.C20H20N8O5/c1-24(2,3)37-22(36)16(9-10-17(33)34)29-21(35)13-5-7-15(8-6-13)32(4)12-14-11-27-20-18(28-14)19(25)30-23(26)31-20;1-28(9-11-8-23-17-15(24-11)16(21)26-20(22)27-17)12-4-2-10(3-5-12)18(31)25-13(19(32)33)6-7-14(29)30/h5-8,11H,9-10,12H2,1-4H3,(H,33,34)(H4,25,26,27,30,31);2-5,8H,6-7,9H2,1H3,(H,29,30)(H,32,33)(H4,21,22,23,26,27). The molecule has 0 saturated carbocycles. The third-order valence-electron chi connectivity index (χ3n) is 9.42. The molecule has 70 heavy (non-hydrogen) atoms. The molecule has 0 atom stereocenters. The van der Waals surface area contributed by atoms with Crippen molar-refractivity contribution in [1.82, 2.24) is 39.9 Å². The zero-order valence-electron chi connectivity index (χ0n) is 38.4. The number of hydrogen-bond donors (Lipinski definition) is 7. The first-order valence-electron chi connectivity index (χ1n) is 20.8. The van der Waals surface area contributed by atoms with Crippen LogP contribution in [0.5, 0.6) is 0 Å². The molecular formula is C44H48N16O10. The summed E-state index contributed by atoms with van der Waals surface area (Å²) in [6.45, 7) is 5.73. The number of fused-ring (bicyclic) bond motifs is 2. The van der Waals surface area contributed by atoms with Crippen LogP contribution in [0, 0.1) is 0 Å². The number of amides is 2. The Bertz CT molecular complexity index is 3030. The highest BCUT2D eigenvalue weighted by molar-refractivity contribution is 6.39. The van der Waals surface area contributed by atoms with Crippen LogP contribution in [0.2, 0.25) is 0 Å². The summed E-state index contributed by atoms with van der Waals surface area (Å²) < 4.78 is 5.26. The van der Waals surface area contributed by atoms with Gasteiger partial charge in [-0.25, -0.2) is 39.5 Å². The number of esters is 1. The molecule has 26 heteroatoms. The third kappa shape index (κ3) is 14.6. The quantitative estimate of drug-likeness (QED) is 0.0541. The number of rotatable bonds is 16. The predicted octanol–water partition coefficient (Wildman–Crippen LogP) is 2.76. The van der Waals surface area contributed by atoms with Crippen LogP contribution in [0.4, 0.5) is 34.9 Å². The van der Waals surface area contributed by atoms with Crippen molar-refractivity contribution in [3.8, 4) is 0 Å². The molecule has 0 aliphatic rings. The average molecular weight is 961 g/mol. The second kappa shape index (κ2) is 22.4. The van der Waals surface area contributed by atoms with E-state index >= 15 is 0 Å². The van der Waals surface area contributed by atoms with Gasteiger partial charge in [0.1, 0.15) is 17.0 Å². The molecule has 6 rings (SSSR count). The third-order valence-corrected chi connectivity index (χ3v) is 9.42. The Morgan fingerprint density at radius 3 is 1.33 bits per heavy atom. The molecule has 0 unspecified atom stereocenters. The molecule has 11 N–H and O–H groups in total. The Morgan fingerprint density at radius 2 is 0.957 bits per heavy atom. The summed E-state index contributed by atoms with van der Waals surface area (Å²) in [6, 6.07) is 12.8. The highest BCUT2D eigenvalue weighted by Gasteiger charge is 2.24. The van der Waals surface area contributed by atoms with Crippen molar-refractivity contribution >= 4 is 104 Å². The van der Waals surface area contributed by atoms with Crippen LogP contribution in [-0.2, 0) is 37.0 Å². The maximum absolute atomic E-state index is 12.7. The number of hydrogen-bond acceptors (Lipinski definition) is 21. The minimum absolute atomic E-state index is 0.00972. The van der Waals surface area contributed by atoms with Gasteiger partial charge in [-0.15, -0.1) is 0 Å². The Hall–Kier alpha value is -9.36. The minimum atomic E-state index is -1.44. The topological polar surface area (TPSA) is 411 Å². The number of nitrogens with zero attached hydrogens (tertiary/aromatic N) is 12. The van der Waals surface area contributed by atoms with Gasteiger partial charge in [-0.1, -0.05) is 0 Å². The fraction of sp³-hybridized carbons (Fsp3) is 0.273. The number of nitrogen functional groups attached to an aromatic ring is 4. The minimum Gasteiger partial charge on any atom is -0.481 e. The number of aliphatic carboxylic acids is 3. The van der Waals surface area contributed by atoms with Crippen LogP contribution in [0.15, 0.2) is 70.9 Å². The van der Waals surface area contributed by atoms with E-state index in [1.807, 2.05) is 16.8 Å². The largest absolute Gasteiger partial charge is 0.481 e. The molecule has 0 bridgehead atoms. The first-order valence-corrected chi connectivity index (χ1v) is 20.8. The lowest BCUT2D eigenvalue weighted by atomic mass is 10.1. The van der Waals surface area contributed by atoms with Crippen molar-refractivity contribution in [1.29, 1.82) is 0 Å². The predicted molar refractivity (Wildman–Crippen MR) is 256 cm³/mol. The first kappa shape index (κ1) is 51.6. The van der Waals surface area contributed by atoms with E-state index in [0.717, 1.165) is 11.4 Å². The zero-order chi connectivity index (χ0) is 51.4. The van der Waals surface area contributed by atoms with Crippen molar-refractivity contribution < 1.29 is 48.8 Å². The second-order valence-electron chi connectivity index (χ2n) is 16.1. The Morgan fingerprint density at radius 1 is 0.571 bits per heavy atom. The summed E-state index contributed by atoms with van der Waals surface area (Å²) in [7, 11) is 3.63. The molecule has 4 heterocycles. The monoisotopic (exact) mass is 960 g/mol. The van der Waals surface area contributed by atoms with Gasteiger partial charge in [0, 0.05) is 49.4 Å². The van der Waals surface area contributed by atoms with E-state index < -0.39 is 53.4 Å². The van der Waals surface area contributed by atoms with Crippen molar-refractivity contribution in [2.24, 2.45) is 9.98 Å². The molecular weight excluding hydrogens is 913 g/mol. The van der Waals surface area contributed by atoms with Crippen molar-refractivity contribution in [2.45, 2.75) is 65.1 Å². The van der Waals surface area contributed by atoms with Gasteiger partial charge in [0.05, 0.1) is 49.7 Å². The zero-order valence-corrected chi connectivity index (χ0v) is 38.4. The number of aliphatic imine (C=N–C) groups is 2. The molecule has 26 nitrogen and oxygen atoms in total. The molecule has 364 valence electrons. The summed E-state index contributed by atoms with van der Waals surface area (Å²) in [6.07, 6.45) is 1.72. The van der Waals surface area contributed by atoms with Gasteiger partial charge >= 0.3 is 23.9 Å². The van der Waals surface area contributed by atoms with Crippen LogP contribution < -0.4 is 32.7 Å². The normalized spacial score (nSPS) is 11.6. The number of benzene rings is 2. The number of ether oxygens (including phenoxy) is 1. The number of carbonyl (C=O) groups excluding carboxylic acids is 3. The van der Waals surface area contributed by atoms with Gasteiger partial charge < -0.3 is 52.8 Å². The number of anilines is 6. The van der Waals surface area contributed by atoms with E-state index in [1.165, 1.54) is 12.1 Å². The molecule has 0 aliphatic heterocycles. The summed E-state index contributed by atoms with van der Waals surface area (Å²) in [5.41, 5.74) is 25.7. The Kier molecular flexibility index (Phi) is 16.5. The molecule has 0 fully saturated rings. The summed E-state index contributed by atoms with van der Waals surface area (Å²) >= 11 is 0. The maximum Gasteiger partial charge on any atom is 0.353 e. The lowest BCUT2D eigenvalue weighted by molar-refractivity contribution is -0.146. The van der Waals surface area contributed by atoms with Gasteiger partial charge in [-0.05, 0) is 69.3 Å². The molecule has 4 aromatic heterocycles. The summed E-state index contributed by atoms with van der Waals surface area (Å²) in [5, 5.41) is 26.8. The fourth-order valence-corrected chi connectivity index (χ4v) is 6.08. The number of carboxylic acid groups (broad SMARTS) is 3. The number of carbonyl (C=O) groups is 6. The SMILES string of the molecule is CN(Cc1cnc2nc(N)nc(N)c2n1)c1ccc(C(=O)N=C(CCC(=O)O)C(=O)O)cc1.CN(Cc1cnc2nc(N)nc(N)c2n1)c1ccc(C(=O)N=C(CCC(=O)O)C(=O)OC(C)(C)C)cc1. The van der Waals surface area contributed by atoms with E-state index in [9.17, 15) is 28.8 Å². The highest BCUT2D eigenvalue weighted by atomic mass is 16.6. The van der Waals surface area contributed by atoms with Crippen LogP contribution in [0.3, 0.4) is 0 Å². The van der Waals surface area contributed by atoms with Crippen molar-refractivity contribution in [2.75, 3.05) is 46.8 Å². The van der Waals surface area contributed by atoms with Gasteiger partial charge in [-0.3, -0.25) is 19.2 Å². The van der Waals surface area contributed by atoms with Gasteiger partial charge in [0.25, 0.3) is 11.8 Å². The van der Waals surface area contributed by atoms with Crippen LogP contribution in [-0.4, -0.2) is 122 Å². The Labute approximate surface area is 397 Å². The number of nitrogens with two attached hydrogens (primary N) is 4. The fourth-order valence-electron chi connectivity index (χ4n) is 6.08. The van der Waals surface area contributed by atoms with Crippen LogP contribution in [0.25, 0.3) is 22.3 Å². The lowest BCUT2D eigenvalue weighted by Gasteiger charge is -2.20. The van der Waals surface area contributed by atoms with Crippen molar-refractivity contribution in [3.05, 3.63) is 83.4 Å². The Balaban J connectivity index is 0.000000262. The summed E-state index contributed by atoms with van der Waals surface area (Å²) in [4.78, 5) is 115. The average Bonchev–Trinajstić information content (AvgIpc) is 3.28. The number of aromatic nitrogens is 8. The summed E-state index contributed by atoms with van der Waals surface area (Å²) in [5.74, 6) is -5.74. The maximum atomic E-state index is 12.7. The molecule has 0 radical (unpaired) electrons. The first-order chi connectivity index (χ1) is 33.0. The number of carboxylic acids is 3. The van der Waals surface area contributed by atoms with Gasteiger partial charge in [0.15, 0.2) is 34.0 Å². The highest BCUT2D eigenvalue weighted by Crippen LogP contribution is 2.22. The van der Waals surface area contributed by atoms with Gasteiger partial charge in [0.2, 0.25) is 11.9 Å². The van der Waals surface area contributed by atoms with E-state index in [-0.39, 0.29) is 59.6 Å².